The van der Waals surface area contributed by atoms with Crippen molar-refractivity contribution in [2.45, 2.75) is 13.0 Å². The summed E-state index contributed by atoms with van der Waals surface area (Å²) < 4.78 is 0. The van der Waals surface area contributed by atoms with Crippen molar-refractivity contribution in [3.8, 4) is 0 Å². The molecule has 0 saturated heterocycles. The summed E-state index contributed by atoms with van der Waals surface area (Å²) in [5.41, 5.74) is 6.32. The van der Waals surface area contributed by atoms with Crippen molar-refractivity contribution >= 4 is 0 Å². The highest BCUT2D eigenvalue weighted by atomic mass is 15.6. The van der Waals surface area contributed by atoms with Crippen molar-refractivity contribution in [1.29, 1.82) is 0 Å². The van der Waals surface area contributed by atoms with E-state index in [4.69, 9.17) is 5.73 Å². The lowest BCUT2D eigenvalue weighted by atomic mass is 10.3. The van der Waals surface area contributed by atoms with Gasteiger partial charge in [0.15, 0.2) is 5.82 Å². The third-order valence-electron chi connectivity index (χ3n) is 1.89. The summed E-state index contributed by atoms with van der Waals surface area (Å²) in [4.78, 5) is 5.69. The molecule has 0 fully saturated rings. The zero-order valence-electron chi connectivity index (χ0n) is 8.24. The number of pyridine rings is 1. The van der Waals surface area contributed by atoms with Crippen LogP contribution in [0.1, 0.15) is 11.5 Å². The molecule has 0 unspecified atom stereocenters. The first-order valence-electron chi connectivity index (χ1n) is 4.75. The zero-order chi connectivity index (χ0) is 10.5. The maximum absolute atomic E-state index is 5.38. The summed E-state index contributed by atoms with van der Waals surface area (Å²) in [6, 6.07) is 5.75. The van der Waals surface area contributed by atoms with Gasteiger partial charge in [-0.3, -0.25) is 4.98 Å². The highest BCUT2D eigenvalue weighted by Gasteiger charge is 2.03. The minimum Gasteiger partial charge on any atom is -0.329 e. The third-order valence-corrected chi connectivity index (χ3v) is 1.89. The molecule has 2 N–H and O–H groups in total. The van der Waals surface area contributed by atoms with E-state index in [1.807, 2.05) is 18.2 Å². The van der Waals surface area contributed by atoms with E-state index in [-0.39, 0.29) is 0 Å². The molecule has 15 heavy (non-hydrogen) atoms. The maximum atomic E-state index is 5.38. The number of hydrogen-bond donors (Lipinski definition) is 1. The molecule has 2 rings (SSSR count). The summed E-state index contributed by atoms with van der Waals surface area (Å²) in [6.07, 6.45) is 2.35. The van der Waals surface area contributed by atoms with Gasteiger partial charge in [0.25, 0.3) is 0 Å². The van der Waals surface area contributed by atoms with E-state index in [2.05, 4.69) is 20.4 Å². The van der Waals surface area contributed by atoms with Crippen molar-refractivity contribution in [2.75, 3.05) is 6.54 Å². The Morgan fingerprint density at radius 3 is 3.00 bits per heavy atom. The van der Waals surface area contributed by atoms with Gasteiger partial charge < -0.3 is 5.73 Å². The van der Waals surface area contributed by atoms with E-state index in [9.17, 15) is 0 Å². The Morgan fingerprint density at radius 2 is 2.27 bits per heavy atom. The fraction of sp³-hybridized carbons (Fsp3) is 0.333. The van der Waals surface area contributed by atoms with Crippen LogP contribution < -0.4 is 5.73 Å². The standard InChI is InChI=1S/C9H12N6/c10-4-6-15-13-9(12-14-15)7-8-3-1-2-5-11-8/h1-3,5H,4,6-7,10H2. The van der Waals surface area contributed by atoms with Crippen LogP contribution in [-0.2, 0) is 13.0 Å². The minimum absolute atomic E-state index is 0.513. The van der Waals surface area contributed by atoms with Gasteiger partial charge in [0.1, 0.15) is 0 Å². The molecule has 0 saturated carbocycles. The van der Waals surface area contributed by atoms with Crippen molar-refractivity contribution in [3.05, 3.63) is 35.9 Å². The van der Waals surface area contributed by atoms with E-state index < -0.39 is 0 Å². The largest absolute Gasteiger partial charge is 0.329 e. The molecule has 0 amide bonds. The Hall–Kier alpha value is -1.82. The summed E-state index contributed by atoms with van der Waals surface area (Å²) in [6.45, 7) is 1.11. The van der Waals surface area contributed by atoms with E-state index in [0.29, 0.717) is 25.3 Å². The highest BCUT2D eigenvalue weighted by molar-refractivity contribution is 5.08. The Labute approximate surface area is 87.1 Å². The molecule has 0 atom stereocenters. The van der Waals surface area contributed by atoms with Gasteiger partial charge in [-0.2, -0.15) is 4.80 Å². The average molecular weight is 204 g/mol. The SMILES string of the molecule is NCCn1nnc(Cc2ccccn2)n1. The molecule has 0 aliphatic heterocycles. The van der Waals surface area contributed by atoms with Crippen LogP contribution in [0.15, 0.2) is 24.4 Å². The number of tetrazole rings is 1. The Morgan fingerprint density at radius 1 is 1.33 bits per heavy atom. The average Bonchev–Trinajstić information content (AvgIpc) is 2.68. The lowest BCUT2D eigenvalue weighted by molar-refractivity contribution is 0.529. The molecule has 0 spiro atoms. The normalized spacial score (nSPS) is 10.5. The zero-order valence-corrected chi connectivity index (χ0v) is 8.24. The second-order valence-electron chi connectivity index (χ2n) is 3.09. The quantitative estimate of drug-likeness (QED) is 0.734. The summed E-state index contributed by atoms with van der Waals surface area (Å²) in [5.74, 6) is 0.669. The molecule has 0 radical (unpaired) electrons. The van der Waals surface area contributed by atoms with Gasteiger partial charge >= 0.3 is 0 Å². The van der Waals surface area contributed by atoms with Gasteiger partial charge in [0.05, 0.1) is 13.0 Å². The predicted molar refractivity (Wildman–Crippen MR) is 53.9 cm³/mol. The van der Waals surface area contributed by atoms with Crippen molar-refractivity contribution in [3.63, 3.8) is 0 Å². The first kappa shape index (κ1) is 9.72. The molecule has 2 aromatic heterocycles. The fourth-order valence-corrected chi connectivity index (χ4v) is 1.22. The van der Waals surface area contributed by atoms with E-state index in [1.54, 1.807) is 6.20 Å². The Kier molecular flexibility index (Phi) is 2.99. The summed E-state index contributed by atoms with van der Waals surface area (Å²) >= 11 is 0. The summed E-state index contributed by atoms with van der Waals surface area (Å²) in [5, 5.41) is 12.0. The van der Waals surface area contributed by atoms with Crippen LogP contribution in [0.5, 0.6) is 0 Å². The number of nitrogens with two attached hydrogens (primary N) is 1. The number of nitrogens with zero attached hydrogens (tertiary/aromatic N) is 5. The van der Waals surface area contributed by atoms with E-state index in [0.717, 1.165) is 5.69 Å². The van der Waals surface area contributed by atoms with Crippen LogP contribution >= 0.6 is 0 Å². The van der Waals surface area contributed by atoms with Gasteiger partial charge in [-0.1, -0.05) is 6.07 Å². The lowest BCUT2D eigenvalue weighted by Gasteiger charge is -1.94. The highest BCUT2D eigenvalue weighted by Crippen LogP contribution is 1.99. The van der Waals surface area contributed by atoms with Crippen LogP contribution in [0, 0.1) is 0 Å². The summed E-state index contributed by atoms with van der Waals surface area (Å²) in [7, 11) is 0. The van der Waals surface area contributed by atoms with Gasteiger partial charge in [-0.25, -0.2) is 0 Å². The molecule has 0 aliphatic carbocycles. The van der Waals surface area contributed by atoms with Crippen molar-refractivity contribution in [2.24, 2.45) is 5.73 Å². The van der Waals surface area contributed by atoms with E-state index >= 15 is 0 Å². The van der Waals surface area contributed by atoms with Crippen LogP contribution in [-0.4, -0.2) is 31.7 Å². The fourth-order valence-electron chi connectivity index (χ4n) is 1.22. The number of rotatable bonds is 4. The van der Waals surface area contributed by atoms with E-state index in [1.165, 1.54) is 4.80 Å². The van der Waals surface area contributed by atoms with Crippen molar-refractivity contribution in [1.82, 2.24) is 25.2 Å². The van der Waals surface area contributed by atoms with Crippen molar-refractivity contribution < 1.29 is 0 Å². The van der Waals surface area contributed by atoms with Gasteiger partial charge in [-0.15, -0.1) is 10.2 Å². The van der Waals surface area contributed by atoms with Crippen LogP contribution in [0.4, 0.5) is 0 Å². The van der Waals surface area contributed by atoms with Crippen LogP contribution in [0.2, 0.25) is 0 Å². The number of aromatic nitrogens is 5. The molecule has 6 nitrogen and oxygen atoms in total. The second kappa shape index (κ2) is 4.61. The monoisotopic (exact) mass is 204 g/mol. The van der Waals surface area contributed by atoms with Gasteiger partial charge in [0.2, 0.25) is 0 Å². The van der Waals surface area contributed by atoms with Gasteiger partial charge in [0, 0.05) is 18.4 Å². The third kappa shape index (κ3) is 2.57. The Bertz CT molecular complexity index is 410. The molecular weight excluding hydrogens is 192 g/mol. The van der Waals surface area contributed by atoms with Crippen LogP contribution in [0.3, 0.4) is 0 Å². The smallest absolute Gasteiger partial charge is 0.180 e. The lowest BCUT2D eigenvalue weighted by Crippen LogP contribution is -2.12. The second-order valence-corrected chi connectivity index (χ2v) is 3.09. The number of hydrogen-bond acceptors (Lipinski definition) is 5. The molecule has 6 heteroatoms. The maximum Gasteiger partial charge on any atom is 0.180 e. The molecule has 2 heterocycles. The first-order valence-corrected chi connectivity index (χ1v) is 4.75. The molecule has 0 aliphatic rings. The first-order chi connectivity index (χ1) is 7.38. The van der Waals surface area contributed by atoms with Gasteiger partial charge in [-0.05, 0) is 17.3 Å². The molecule has 0 bridgehead atoms. The molecule has 2 aromatic rings. The predicted octanol–water partition coefficient (Wildman–Crippen LogP) is -0.382. The Balaban J connectivity index is 2.05. The molecule has 0 aromatic carbocycles. The molecule has 78 valence electrons. The van der Waals surface area contributed by atoms with Crippen LogP contribution in [0.25, 0.3) is 0 Å². The minimum atomic E-state index is 0.513. The topological polar surface area (TPSA) is 82.5 Å². The molecular formula is C9H12N6.